The summed E-state index contributed by atoms with van der Waals surface area (Å²) >= 11 is 5.00. The smallest absolute Gasteiger partial charge is 0.340 e. The highest BCUT2D eigenvalue weighted by Gasteiger charge is 2.32. The molecule has 5 nitrogen and oxygen atoms in total. The van der Waals surface area contributed by atoms with E-state index in [4.69, 9.17) is 4.74 Å². The minimum atomic E-state index is -0.580. The van der Waals surface area contributed by atoms with Gasteiger partial charge in [0.15, 0.2) is 6.61 Å². The summed E-state index contributed by atoms with van der Waals surface area (Å²) < 4.78 is 5.97. The number of hydrogen-bond donors (Lipinski definition) is 0. The van der Waals surface area contributed by atoms with Crippen molar-refractivity contribution in [2.75, 3.05) is 17.3 Å². The lowest BCUT2D eigenvalue weighted by Crippen LogP contribution is -2.41. The van der Waals surface area contributed by atoms with Crippen molar-refractivity contribution < 1.29 is 14.3 Å². The number of ether oxygens (including phenoxy) is 1. The third-order valence-electron chi connectivity index (χ3n) is 4.55. The Hall–Kier alpha value is -2.64. The summed E-state index contributed by atoms with van der Waals surface area (Å²) in [6.45, 7) is -0.340. The van der Waals surface area contributed by atoms with E-state index in [2.05, 4.69) is 20.9 Å². The second-order valence-corrected chi connectivity index (χ2v) is 8.41. The molecule has 0 radical (unpaired) electrons. The molecule has 0 saturated carbocycles. The Kier molecular flexibility index (Phi) is 5.97. The van der Waals surface area contributed by atoms with E-state index in [1.54, 1.807) is 28.9 Å². The number of halogens is 1. The van der Waals surface area contributed by atoms with Gasteiger partial charge in [-0.25, -0.2) is 4.79 Å². The number of hydrogen-bond acceptors (Lipinski definition) is 5. The van der Waals surface area contributed by atoms with Crippen LogP contribution in [0.3, 0.4) is 0 Å². The molecule has 1 aromatic heterocycles. The van der Waals surface area contributed by atoms with Gasteiger partial charge in [0, 0.05) is 27.5 Å². The Bertz CT molecular complexity index is 1040. The Labute approximate surface area is 181 Å². The number of pyridine rings is 1. The maximum atomic E-state index is 13.2. The lowest BCUT2D eigenvalue weighted by atomic mass is 10.1. The van der Waals surface area contributed by atoms with Crippen LogP contribution in [-0.4, -0.2) is 29.2 Å². The number of carbonyl (C=O) groups excluding carboxylic acids is 2. The largest absolute Gasteiger partial charge is 0.452 e. The highest BCUT2D eigenvalue weighted by molar-refractivity contribution is 9.10. The molecule has 4 rings (SSSR count). The molecule has 1 aliphatic rings. The number of esters is 1. The molecule has 0 saturated heterocycles. The molecule has 0 unspecified atom stereocenters. The zero-order valence-corrected chi connectivity index (χ0v) is 17.7. The van der Waals surface area contributed by atoms with Crippen molar-refractivity contribution in [1.29, 1.82) is 0 Å². The maximum absolute atomic E-state index is 13.2. The molecule has 0 bridgehead atoms. The first kappa shape index (κ1) is 19.7. The van der Waals surface area contributed by atoms with Crippen molar-refractivity contribution in [3.8, 4) is 0 Å². The molecule has 1 aliphatic heterocycles. The highest BCUT2D eigenvalue weighted by atomic mass is 79.9. The summed E-state index contributed by atoms with van der Waals surface area (Å²) in [5.41, 5.74) is 2.18. The monoisotopic (exact) mass is 468 g/mol. The van der Waals surface area contributed by atoms with Crippen molar-refractivity contribution in [3.63, 3.8) is 0 Å². The fourth-order valence-corrected chi connectivity index (χ4v) is 4.75. The van der Waals surface area contributed by atoms with Crippen LogP contribution in [0, 0.1) is 0 Å². The number of fused-ring (bicyclic) bond motifs is 1. The first-order valence-electron chi connectivity index (χ1n) is 9.00. The first-order valence-corrected chi connectivity index (χ1v) is 10.8. The zero-order chi connectivity index (χ0) is 20.2. The van der Waals surface area contributed by atoms with Gasteiger partial charge in [-0.2, -0.15) is 0 Å². The summed E-state index contributed by atoms with van der Waals surface area (Å²) in [5.74, 6) is -0.109. The van der Waals surface area contributed by atoms with Crippen LogP contribution in [0.25, 0.3) is 0 Å². The number of nitrogens with zero attached hydrogens (tertiary/aromatic N) is 2. The molecule has 0 spiro atoms. The van der Waals surface area contributed by atoms with Gasteiger partial charge in [-0.15, -0.1) is 11.8 Å². The molecule has 3 aromatic rings. The van der Waals surface area contributed by atoms with Crippen molar-refractivity contribution in [3.05, 3.63) is 88.7 Å². The summed E-state index contributed by atoms with van der Waals surface area (Å²) in [4.78, 5) is 32.2. The topological polar surface area (TPSA) is 59.5 Å². The van der Waals surface area contributed by atoms with Crippen LogP contribution in [0.15, 0.2) is 82.4 Å². The molecule has 0 N–H and O–H groups in total. The van der Waals surface area contributed by atoms with Gasteiger partial charge in [-0.1, -0.05) is 42.5 Å². The zero-order valence-electron chi connectivity index (χ0n) is 15.3. The molecular weight excluding hydrogens is 452 g/mol. The summed E-state index contributed by atoms with van der Waals surface area (Å²) in [6.07, 6.45) is 2.99. The predicted octanol–water partition coefficient (Wildman–Crippen LogP) is 4.88. The van der Waals surface area contributed by atoms with Crippen molar-refractivity contribution >= 4 is 45.3 Å². The predicted molar refractivity (Wildman–Crippen MR) is 116 cm³/mol. The maximum Gasteiger partial charge on any atom is 0.340 e. The molecule has 29 heavy (non-hydrogen) atoms. The molecule has 1 amide bonds. The van der Waals surface area contributed by atoms with Crippen LogP contribution in [0.2, 0.25) is 0 Å². The van der Waals surface area contributed by atoms with E-state index in [-0.39, 0.29) is 18.6 Å². The summed E-state index contributed by atoms with van der Waals surface area (Å²) in [7, 11) is 0. The van der Waals surface area contributed by atoms with Gasteiger partial charge in [0.05, 0.1) is 17.3 Å². The Morgan fingerprint density at radius 3 is 2.66 bits per heavy atom. The number of aromatic nitrogens is 1. The second kappa shape index (κ2) is 8.80. The van der Waals surface area contributed by atoms with Crippen LogP contribution >= 0.6 is 27.7 Å². The molecule has 2 heterocycles. The average molecular weight is 469 g/mol. The van der Waals surface area contributed by atoms with Crippen molar-refractivity contribution in [2.45, 2.75) is 10.9 Å². The molecular formula is C22H17BrN2O3S. The quantitative estimate of drug-likeness (QED) is 0.510. The lowest BCUT2D eigenvalue weighted by molar-refractivity contribution is -0.122. The van der Waals surface area contributed by atoms with Gasteiger partial charge >= 0.3 is 5.97 Å². The van der Waals surface area contributed by atoms with Crippen LogP contribution < -0.4 is 4.90 Å². The second-order valence-electron chi connectivity index (χ2n) is 6.44. The van der Waals surface area contributed by atoms with E-state index >= 15 is 0 Å². The van der Waals surface area contributed by atoms with Gasteiger partial charge in [0.2, 0.25) is 0 Å². The normalized spacial score (nSPS) is 15.5. The van der Waals surface area contributed by atoms with Gasteiger partial charge < -0.3 is 4.74 Å². The van der Waals surface area contributed by atoms with Crippen LogP contribution in [-0.2, 0) is 9.53 Å². The standard InChI is InChI=1S/C22H17BrN2O3S/c23-17-10-16(11-24-12-17)22(27)28-13-21(26)25-18-8-4-5-9-20(18)29-14-19(25)15-6-2-1-3-7-15/h1-12,19H,13-14H2/t19-/m0/s1. The van der Waals surface area contributed by atoms with Gasteiger partial charge in [-0.3, -0.25) is 14.7 Å². The van der Waals surface area contributed by atoms with Crippen LogP contribution in [0.1, 0.15) is 22.0 Å². The fraction of sp³-hybridized carbons (Fsp3) is 0.136. The molecule has 2 aromatic carbocycles. The minimum absolute atomic E-state index is 0.130. The number of benzene rings is 2. The fourth-order valence-electron chi connectivity index (χ4n) is 3.22. The number of thioether (sulfide) groups is 1. The molecule has 0 fully saturated rings. The summed E-state index contributed by atoms with van der Waals surface area (Å²) in [5, 5.41) is 0. The van der Waals surface area contributed by atoms with Gasteiger partial charge in [0.25, 0.3) is 5.91 Å². The van der Waals surface area contributed by atoms with E-state index < -0.39 is 5.97 Å². The molecule has 1 atom stereocenters. The lowest BCUT2D eigenvalue weighted by Gasteiger charge is -2.37. The van der Waals surface area contributed by atoms with Crippen LogP contribution in [0.5, 0.6) is 0 Å². The van der Waals surface area contributed by atoms with E-state index in [0.29, 0.717) is 10.0 Å². The Morgan fingerprint density at radius 2 is 1.86 bits per heavy atom. The first-order chi connectivity index (χ1) is 14.1. The van der Waals surface area contributed by atoms with Crippen molar-refractivity contribution in [1.82, 2.24) is 4.98 Å². The Balaban J connectivity index is 1.57. The molecule has 7 heteroatoms. The third-order valence-corrected chi connectivity index (χ3v) is 6.13. The molecule has 0 aliphatic carbocycles. The highest BCUT2D eigenvalue weighted by Crippen LogP contribution is 2.43. The summed E-state index contributed by atoms with van der Waals surface area (Å²) in [6, 6.07) is 19.2. The number of amides is 1. The van der Waals surface area contributed by atoms with E-state index in [1.165, 1.54) is 6.20 Å². The molecule has 146 valence electrons. The van der Waals surface area contributed by atoms with E-state index in [9.17, 15) is 9.59 Å². The SMILES string of the molecule is O=C(OCC(=O)N1c2ccccc2SC[C@H]1c1ccccc1)c1cncc(Br)c1. The number of rotatable bonds is 4. The Morgan fingerprint density at radius 1 is 1.10 bits per heavy atom. The number of carbonyl (C=O) groups is 2. The van der Waals surface area contributed by atoms with Crippen LogP contribution in [0.4, 0.5) is 5.69 Å². The minimum Gasteiger partial charge on any atom is -0.452 e. The van der Waals surface area contributed by atoms with Gasteiger partial charge in [-0.05, 0) is 39.7 Å². The third kappa shape index (κ3) is 4.36. The van der Waals surface area contributed by atoms with Gasteiger partial charge in [0.1, 0.15) is 0 Å². The number of anilines is 1. The van der Waals surface area contributed by atoms with Crippen molar-refractivity contribution in [2.24, 2.45) is 0 Å². The average Bonchev–Trinajstić information content (AvgIpc) is 2.77. The number of para-hydroxylation sites is 1. The van der Waals surface area contributed by atoms with E-state index in [0.717, 1.165) is 21.9 Å². The van der Waals surface area contributed by atoms with E-state index in [1.807, 2.05) is 54.6 Å².